The number of piperazine rings is 1. The van der Waals surface area contributed by atoms with Crippen LogP contribution in [0.4, 0.5) is 0 Å². The van der Waals surface area contributed by atoms with Gasteiger partial charge in [-0.1, -0.05) is 18.2 Å². The normalized spacial score (nSPS) is 16.8. The topological polar surface area (TPSA) is 97.8 Å². The lowest BCUT2D eigenvalue weighted by Gasteiger charge is -2.33. The number of carboxylic acid groups (broad SMARTS) is 1. The van der Waals surface area contributed by atoms with Crippen LogP contribution in [0.5, 0.6) is 0 Å². The molecule has 1 amide bonds. The SMILES string of the molecule is O=C([O-])/C=C/C(=O)N1CCN(S(=O)(=O)c2ccccc2)CC1. The monoisotopic (exact) mass is 323 g/mol. The summed E-state index contributed by atoms with van der Waals surface area (Å²) in [5.41, 5.74) is 0. The second-order valence-corrected chi connectivity index (χ2v) is 6.63. The van der Waals surface area contributed by atoms with E-state index in [0.29, 0.717) is 6.08 Å². The molecule has 2 rings (SSSR count). The summed E-state index contributed by atoms with van der Waals surface area (Å²) in [5.74, 6) is -1.92. The molecule has 8 heteroatoms. The number of benzene rings is 1. The van der Waals surface area contributed by atoms with Crippen molar-refractivity contribution in [2.24, 2.45) is 0 Å². The summed E-state index contributed by atoms with van der Waals surface area (Å²) in [5, 5.41) is 10.3. The number of rotatable bonds is 4. The molecule has 0 aromatic heterocycles. The van der Waals surface area contributed by atoms with Gasteiger partial charge in [-0.3, -0.25) is 4.79 Å². The number of hydrogen-bond donors (Lipinski definition) is 0. The molecule has 0 atom stereocenters. The van der Waals surface area contributed by atoms with E-state index in [0.717, 1.165) is 6.08 Å². The van der Waals surface area contributed by atoms with E-state index in [1.165, 1.54) is 21.3 Å². The molecule has 22 heavy (non-hydrogen) atoms. The van der Waals surface area contributed by atoms with E-state index in [1.807, 2.05) is 0 Å². The molecule has 1 saturated heterocycles. The van der Waals surface area contributed by atoms with Crippen LogP contribution in [0.1, 0.15) is 0 Å². The molecule has 1 aromatic carbocycles. The van der Waals surface area contributed by atoms with Crippen LogP contribution in [0, 0.1) is 0 Å². The first-order valence-corrected chi connectivity index (χ1v) is 8.08. The minimum absolute atomic E-state index is 0.169. The highest BCUT2D eigenvalue weighted by molar-refractivity contribution is 7.89. The largest absolute Gasteiger partial charge is 0.545 e. The lowest BCUT2D eigenvalue weighted by atomic mass is 10.3. The molecule has 0 N–H and O–H groups in total. The molecule has 0 unspecified atom stereocenters. The average Bonchev–Trinajstić information content (AvgIpc) is 2.53. The highest BCUT2D eigenvalue weighted by Crippen LogP contribution is 2.17. The Kier molecular flexibility index (Phi) is 4.94. The van der Waals surface area contributed by atoms with E-state index >= 15 is 0 Å². The van der Waals surface area contributed by atoms with Gasteiger partial charge in [0.05, 0.1) is 10.9 Å². The van der Waals surface area contributed by atoms with Crippen molar-refractivity contribution in [3.63, 3.8) is 0 Å². The van der Waals surface area contributed by atoms with Crippen LogP contribution >= 0.6 is 0 Å². The number of nitrogens with zero attached hydrogens (tertiary/aromatic N) is 2. The minimum atomic E-state index is -3.56. The second kappa shape index (κ2) is 6.71. The summed E-state index contributed by atoms with van der Waals surface area (Å²) in [6.07, 6.45) is 1.58. The summed E-state index contributed by atoms with van der Waals surface area (Å²) in [6, 6.07) is 8.08. The van der Waals surface area contributed by atoms with E-state index in [1.54, 1.807) is 18.2 Å². The van der Waals surface area contributed by atoms with Gasteiger partial charge < -0.3 is 14.8 Å². The lowest BCUT2D eigenvalue weighted by Crippen LogP contribution is -2.50. The molecule has 0 spiro atoms. The van der Waals surface area contributed by atoms with E-state index in [2.05, 4.69) is 0 Å². The fourth-order valence-electron chi connectivity index (χ4n) is 2.14. The molecule has 1 fully saturated rings. The Labute approximate surface area is 128 Å². The highest BCUT2D eigenvalue weighted by atomic mass is 32.2. The Hall–Kier alpha value is -2.19. The number of carbonyl (C=O) groups excluding carboxylic acids is 2. The fraction of sp³-hybridized carbons (Fsp3) is 0.286. The van der Waals surface area contributed by atoms with E-state index in [-0.39, 0.29) is 31.1 Å². The molecule has 0 saturated carbocycles. The standard InChI is InChI=1S/C14H16N2O5S/c17-13(6-7-14(18)19)15-8-10-16(11-9-15)22(20,21)12-4-2-1-3-5-12/h1-7H,8-11H2,(H,18,19)/p-1/b7-6+. The number of amides is 1. The first-order chi connectivity index (χ1) is 10.4. The maximum absolute atomic E-state index is 12.4. The van der Waals surface area contributed by atoms with Crippen LogP contribution < -0.4 is 5.11 Å². The first kappa shape index (κ1) is 16.2. The van der Waals surface area contributed by atoms with Crippen molar-refractivity contribution in [1.29, 1.82) is 0 Å². The Morgan fingerprint density at radius 3 is 2.14 bits per heavy atom. The van der Waals surface area contributed by atoms with Gasteiger partial charge in [0.25, 0.3) is 0 Å². The van der Waals surface area contributed by atoms with Crippen molar-refractivity contribution in [1.82, 2.24) is 9.21 Å². The van der Waals surface area contributed by atoms with Crippen molar-refractivity contribution in [3.8, 4) is 0 Å². The van der Waals surface area contributed by atoms with E-state index in [4.69, 9.17) is 0 Å². The van der Waals surface area contributed by atoms with Gasteiger partial charge in [0.15, 0.2) is 0 Å². The van der Waals surface area contributed by atoms with E-state index < -0.39 is 21.9 Å². The Morgan fingerprint density at radius 1 is 1.00 bits per heavy atom. The minimum Gasteiger partial charge on any atom is -0.545 e. The Morgan fingerprint density at radius 2 is 1.59 bits per heavy atom. The summed E-state index contributed by atoms with van der Waals surface area (Å²) in [7, 11) is -3.56. The number of hydrogen-bond acceptors (Lipinski definition) is 5. The highest BCUT2D eigenvalue weighted by Gasteiger charge is 2.29. The molecule has 0 radical (unpaired) electrons. The van der Waals surface area contributed by atoms with Gasteiger partial charge in [0, 0.05) is 32.3 Å². The molecular weight excluding hydrogens is 308 g/mol. The Balaban J connectivity index is 2.00. The molecule has 1 aliphatic heterocycles. The van der Waals surface area contributed by atoms with Gasteiger partial charge in [0.2, 0.25) is 15.9 Å². The van der Waals surface area contributed by atoms with Gasteiger partial charge in [0.1, 0.15) is 0 Å². The Bertz CT molecular complexity index is 676. The third-order valence-corrected chi connectivity index (χ3v) is 5.21. The smallest absolute Gasteiger partial charge is 0.246 e. The molecular formula is C14H15N2O5S-. The van der Waals surface area contributed by atoms with Crippen molar-refractivity contribution >= 4 is 21.9 Å². The number of carboxylic acids is 1. The average molecular weight is 323 g/mol. The van der Waals surface area contributed by atoms with Crippen molar-refractivity contribution in [2.45, 2.75) is 4.90 Å². The van der Waals surface area contributed by atoms with Crippen LogP contribution in [0.25, 0.3) is 0 Å². The molecule has 1 aliphatic rings. The summed E-state index contributed by atoms with van der Waals surface area (Å²) < 4.78 is 26.1. The van der Waals surface area contributed by atoms with Crippen LogP contribution in [0.15, 0.2) is 47.4 Å². The molecule has 1 heterocycles. The fourth-order valence-corrected chi connectivity index (χ4v) is 3.58. The molecule has 0 bridgehead atoms. The van der Waals surface area contributed by atoms with Crippen LogP contribution in [-0.2, 0) is 19.6 Å². The van der Waals surface area contributed by atoms with Gasteiger partial charge >= 0.3 is 0 Å². The quantitative estimate of drug-likeness (QED) is 0.650. The van der Waals surface area contributed by atoms with Gasteiger partial charge in [-0.2, -0.15) is 4.31 Å². The van der Waals surface area contributed by atoms with Crippen molar-refractivity contribution in [2.75, 3.05) is 26.2 Å². The predicted octanol–water partition coefficient (Wildman–Crippen LogP) is -1.17. The van der Waals surface area contributed by atoms with Crippen LogP contribution in [-0.4, -0.2) is 55.7 Å². The predicted molar refractivity (Wildman–Crippen MR) is 75.9 cm³/mol. The zero-order valence-corrected chi connectivity index (χ0v) is 12.5. The molecule has 1 aromatic rings. The third kappa shape index (κ3) is 3.71. The molecule has 7 nitrogen and oxygen atoms in total. The van der Waals surface area contributed by atoms with Gasteiger partial charge in [-0.25, -0.2) is 8.42 Å². The van der Waals surface area contributed by atoms with Crippen LogP contribution in [0.3, 0.4) is 0 Å². The maximum Gasteiger partial charge on any atom is 0.246 e. The maximum atomic E-state index is 12.4. The van der Waals surface area contributed by atoms with Crippen LogP contribution in [0.2, 0.25) is 0 Å². The van der Waals surface area contributed by atoms with Crippen molar-refractivity contribution in [3.05, 3.63) is 42.5 Å². The zero-order valence-electron chi connectivity index (χ0n) is 11.7. The number of carbonyl (C=O) groups is 2. The zero-order chi connectivity index (χ0) is 16.2. The van der Waals surface area contributed by atoms with E-state index in [9.17, 15) is 23.1 Å². The number of sulfonamides is 1. The van der Waals surface area contributed by atoms with Crippen molar-refractivity contribution < 1.29 is 23.1 Å². The third-order valence-electron chi connectivity index (χ3n) is 3.29. The molecule has 0 aliphatic carbocycles. The second-order valence-electron chi connectivity index (χ2n) is 4.69. The summed E-state index contributed by atoms with van der Waals surface area (Å²) >= 11 is 0. The summed E-state index contributed by atoms with van der Waals surface area (Å²) in [6.45, 7) is 0.759. The number of aliphatic carboxylic acids is 1. The van der Waals surface area contributed by atoms with Gasteiger partial charge in [-0.15, -0.1) is 0 Å². The first-order valence-electron chi connectivity index (χ1n) is 6.64. The summed E-state index contributed by atoms with van der Waals surface area (Å²) in [4.78, 5) is 23.6. The molecule has 118 valence electrons. The lowest BCUT2D eigenvalue weighted by molar-refractivity contribution is -0.297. The van der Waals surface area contributed by atoms with Gasteiger partial charge in [-0.05, 0) is 18.2 Å².